The molecule has 1 aromatic carbocycles. The summed E-state index contributed by atoms with van der Waals surface area (Å²) < 4.78 is 5.26. The Morgan fingerprint density at radius 2 is 2.05 bits per heavy atom. The van der Waals surface area contributed by atoms with Gasteiger partial charge in [0, 0.05) is 16.1 Å². The zero-order valence-electron chi connectivity index (χ0n) is 11.5. The average molecular weight is 307 g/mol. The SMILES string of the molecule is CC1(Nc2noc(-c3ccc(Cl)cc3)c2C(=O)O)CCC1. The van der Waals surface area contributed by atoms with E-state index in [-0.39, 0.29) is 22.7 Å². The number of anilines is 1. The summed E-state index contributed by atoms with van der Waals surface area (Å²) in [6, 6.07) is 6.80. The molecule has 21 heavy (non-hydrogen) atoms. The Kier molecular flexibility index (Phi) is 3.37. The van der Waals surface area contributed by atoms with Crippen LogP contribution in [-0.2, 0) is 0 Å². The van der Waals surface area contributed by atoms with E-state index in [9.17, 15) is 9.90 Å². The van der Waals surface area contributed by atoms with Crippen LogP contribution in [0.25, 0.3) is 11.3 Å². The molecule has 0 aliphatic heterocycles. The normalized spacial score (nSPS) is 16.3. The number of aromatic carboxylic acids is 1. The number of rotatable bonds is 4. The summed E-state index contributed by atoms with van der Waals surface area (Å²) in [6.07, 6.45) is 3.12. The predicted molar refractivity (Wildman–Crippen MR) is 79.8 cm³/mol. The molecule has 1 aromatic heterocycles. The fraction of sp³-hybridized carbons (Fsp3) is 0.333. The molecule has 2 aromatic rings. The lowest BCUT2D eigenvalue weighted by Gasteiger charge is -2.39. The van der Waals surface area contributed by atoms with Crippen LogP contribution in [0.2, 0.25) is 5.02 Å². The van der Waals surface area contributed by atoms with Gasteiger partial charge in [-0.1, -0.05) is 16.8 Å². The smallest absolute Gasteiger partial charge is 0.343 e. The molecule has 0 amide bonds. The lowest BCUT2D eigenvalue weighted by Crippen LogP contribution is -2.42. The first-order chi connectivity index (χ1) is 9.98. The molecule has 110 valence electrons. The first-order valence-corrected chi connectivity index (χ1v) is 7.13. The predicted octanol–water partition coefficient (Wildman–Crippen LogP) is 4.05. The quantitative estimate of drug-likeness (QED) is 0.891. The van der Waals surface area contributed by atoms with Crippen molar-refractivity contribution in [3.8, 4) is 11.3 Å². The second kappa shape index (κ2) is 5.07. The molecule has 0 atom stereocenters. The van der Waals surface area contributed by atoms with Gasteiger partial charge in [0.25, 0.3) is 0 Å². The Hall–Kier alpha value is -2.01. The van der Waals surface area contributed by atoms with Crippen molar-refractivity contribution in [3.63, 3.8) is 0 Å². The Labute approximate surface area is 126 Å². The largest absolute Gasteiger partial charge is 0.477 e. The van der Waals surface area contributed by atoms with Crippen LogP contribution in [0, 0.1) is 0 Å². The highest BCUT2D eigenvalue weighted by Crippen LogP contribution is 2.37. The van der Waals surface area contributed by atoms with Crippen molar-refractivity contribution in [2.75, 3.05) is 5.32 Å². The average Bonchev–Trinajstić information content (AvgIpc) is 2.81. The van der Waals surface area contributed by atoms with E-state index in [4.69, 9.17) is 16.1 Å². The van der Waals surface area contributed by atoms with Crippen LogP contribution in [0.1, 0.15) is 36.5 Å². The number of halogens is 1. The van der Waals surface area contributed by atoms with Crippen LogP contribution < -0.4 is 5.32 Å². The number of carbonyl (C=O) groups is 1. The van der Waals surface area contributed by atoms with Crippen molar-refractivity contribution >= 4 is 23.4 Å². The molecule has 6 heteroatoms. The van der Waals surface area contributed by atoms with Gasteiger partial charge in [-0.25, -0.2) is 4.79 Å². The van der Waals surface area contributed by atoms with Crippen LogP contribution in [0.5, 0.6) is 0 Å². The number of carboxylic acids is 1. The van der Waals surface area contributed by atoms with Crippen LogP contribution >= 0.6 is 11.6 Å². The summed E-state index contributed by atoms with van der Waals surface area (Å²) in [5, 5.41) is 17.1. The van der Waals surface area contributed by atoms with Crippen LogP contribution in [-0.4, -0.2) is 21.8 Å². The van der Waals surface area contributed by atoms with Gasteiger partial charge in [-0.05, 0) is 50.5 Å². The van der Waals surface area contributed by atoms with Gasteiger partial charge in [0.15, 0.2) is 17.1 Å². The maximum absolute atomic E-state index is 11.6. The van der Waals surface area contributed by atoms with Crippen LogP contribution in [0.3, 0.4) is 0 Å². The molecule has 1 aliphatic rings. The molecule has 2 N–H and O–H groups in total. The van der Waals surface area contributed by atoms with Gasteiger partial charge >= 0.3 is 5.97 Å². The van der Waals surface area contributed by atoms with Crippen molar-refractivity contribution in [1.82, 2.24) is 5.16 Å². The van der Waals surface area contributed by atoms with Crippen molar-refractivity contribution in [2.45, 2.75) is 31.7 Å². The topological polar surface area (TPSA) is 75.4 Å². The third-order valence-corrected chi connectivity index (χ3v) is 4.14. The standard InChI is InChI=1S/C15H15ClN2O3/c1-15(7-2-8-15)17-13-11(14(19)20)12(21-18-13)9-3-5-10(16)6-4-9/h3-6H,2,7-8H2,1H3,(H,17,18)(H,19,20). The molecular weight excluding hydrogens is 292 g/mol. The van der Waals surface area contributed by atoms with E-state index in [2.05, 4.69) is 17.4 Å². The zero-order chi connectivity index (χ0) is 15.0. The van der Waals surface area contributed by atoms with E-state index in [1.807, 2.05) is 0 Å². The molecule has 0 spiro atoms. The summed E-state index contributed by atoms with van der Waals surface area (Å²) in [6.45, 7) is 2.05. The van der Waals surface area contributed by atoms with E-state index in [0.717, 1.165) is 19.3 Å². The lowest BCUT2D eigenvalue weighted by atomic mass is 9.78. The zero-order valence-corrected chi connectivity index (χ0v) is 12.3. The summed E-state index contributed by atoms with van der Waals surface area (Å²) in [5.41, 5.74) is 0.597. The maximum atomic E-state index is 11.6. The van der Waals surface area contributed by atoms with E-state index in [0.29, 0.717) is 10.6 Å². The molecule has 1 fully saturated rings. The fourth-order valence-electron chi connectivity index (χ4n) is 2.49. The van der Waals surface area contributed by atoms with Gasteiger partial charge < -0.3 is 14.9 Å². The third kappa shape index (κ3) is 2.61. The highest BCUT2D eigenvalue weighted by molar-refractivity contribution is 6.30. The monoisotopic (exact) mass is 306 g/mol. The van der Waals surface area contributed by atoms with Gasteiger partial charge in [0.2, 0.25) is 0 Å². The van der Waals surface area contributed by atoms with Gasteiger partial charge in [0.05, 0.1) is 0 Å². The minimum Gasteiger partial charge on any atom is -0.477 e. The number of hydrogen-bond acceptors (Lipinski definition) is 4. The molecule has 0 saturated heterocycles. The van der Waals surface area contributed by atoms with E-state index < -0.39 is 5.97 Å². The molecule has 5 nitrogen and oxygen atoms in total. The number of hydrogen-bond donors (Lipinski definition) is 2. The number of nitrogens with one attached hydrogen (secondary N) is 1. The van der Waals surface area contributed by atoms with Crippen molar-refractivity contribution < 1.29 is 14.4 Å². The fourth-order valence-corrected chi connectivity index (χ4v) is 2.62. The first kappa shape index (κ1) is 13.9. The summed E-state index contributed by atoms with van der Waals surface area (Å²) in [4.78, 5) is 11.6. The molecule has 0 unspecified atom stereocenters. The molecule has 1 saturated carbocycles. The number of nitrogens with zero attached hydrogens (tertiary/aromatic N) is 1. The molecule has 0 radical (unpaired) electrons. The number of benzene rings is 1. The lowest BCUT2D eigenvalue weighted by molar-refractivity contribution is 0.0698. The Balaban J connectivity index is 1.99. The van der Waals surface area contributed by atoms with Crippen LogP contribution in [0.15, 0.2) is 28.8 Å². The van der Waals surface area contributed by atoms with Gasteiger partial charge in [0.1, 0.15) is 0 Å². The number of aromatic nitrogens is 1. The minimum atomic E-state index is -1.06. The molecule has 0 bridgehead atoms. The highest BCUT2D eigenvalue weighted by atomic mass is 35.5. The number of carboxylic acid groups (broad SMARTS) is 1. The van der Waals surface area contributed by atoms with Crippen molar-refractivity contribution in [3.05, 3.63) is 34.9 Å². The van der Waals surface area contributed by atoms with Crippen molar-refractivity contribution in [2.24, 2.45) is 0 Å². The second-order valence-electron chi connectivity index (χ2n) is 5.59. The van der Waals surface area contributed by atoms with E-state index in [1.54, 1.807) is 24.3 Å². The van der Waals surface area contributed by atoms with E-state index >= 15 is 0 Å². The molecule has 1 heterocycles. The minimum absolute atomic E-state index is 0.0606. The highest BCUT2D eigenvalue weighted by Gasteiger charge is 2.35. The van der Waals surface area contributed by atoms with Gasteiger partial charge in [-0.2, -0.15) is 0 Å². The first-order valence-electron chi connectivity index (χ1n) is 6.76. The van der Waals surface area contributed by atoms with Crippen LogP contribution in [0.4, 0.5) is 5.82 Å². The van der Waals surface area contributed by atoms with Crippen molar-refractivity contribution in [1.29, 1.82) is 0 Å². The summed E-state index contributed by atoms with van der Waals surface area (Å²) in [5.74, 6) is -0.536. The van der Waals surface area contributed by atoms with Gasteiger partial charge in [-0.15, -0.1) is 0 Å². The second-order valence-corrected chi connectivity index (χ2v) is 6.02. The molecule has 3 rings (SSSR count). The third-order valence-electron chi connectivity index (χ3n) is 3.89. The molecule has 1 aliphatic carbocycles. The summed E-state index contributed by atoms with van der Waals surface area (Å²) >= 11 is 5.85. The summed E-state index contributed by atoms with van der Waals surface area (Å²) in [7, 11) is 0. The maximum Gasteiger partial charge on any atom is 0.343 e. The van der Waals surface area contributed by atoms with E-state index in [1.165, 1.54) is 0 Å². The Bertz CT molecular complexity index is 675. The van der Waals surface area contributed by atoms with Gasteiger partial charge in [-0.3, -0.25) is 0 Å². The molecular formula is C15H15ClN2O3. The Morgan fingerprint density at radius 1 is 1.38 bits per heavy atom. The Morgan fingerprint density at radius 3 is 2.57 bits per heavy atom.